The molecule has 6 nitrogen and oxygen atoms in total. The van der Waals surface area contributed by atoms with Gasteiger partial charge in [-0.3, -0.25) is 0 Å². The molecule has 2 aromatic rings. The van der Waals surface area contributed by atoms with Crippen LogP contribution in [0.25, 0.3) is 11.1 Å². The quantitative estimate of drug-likeness (QED) is 0.554. The molecule has 8 heteroatoms. The zero-order valence-electron chi connectivity index (χ0n) is 15.7. The van der Waals surface area contributed by atoms with Gasteiger partial charge in [-0.1, -0.05) is 11.6 Å². The SMILES string of the molecule is CSc1cc(Cl)nc2c(C)c(C[C@H](CCO)NC(=O)OC(C)(C)C)oc12. The maximum Gasteiger partial charge on any atom is 0.407 e. The zero-order valence-corrected chi connectivity index (χ0v) is 17.3. The number of halogens is 1. The number of carbonyl (C=O) groups is 1. The number of hydrogen-bond acceptors (Lipinski definition) is 6. The lowest BCUT2D eigenvalue weighted by atomic mass is 10.1. The first kappa shape index (κ1) is 20.9. The monoisotopic (exact) mass is 400 g/mol. The highest BCUT2D eigenvalue weighted by Crippen LogP contribution is 2.33. The van der Waals surface area contributed by atoms with E-state index in [0.29, 0.717) is 29.3 Å². The summed E-state index contributed by atoms with van der Waals surface area (Å²) < 4.78 is 11.3. The summed E-state index contributed by atoms with van der Waals surface area (Å²) in [7, 11) is 0. The van der Waals surface area contributed by atoms with Gasteiger partial charge in [0.2, 0.25) is 0 Å². The number of aryl methyl sites for hydroxylation is 1. The van der Waals surface area contributed by atoms with Crippen molar-refractivity contribution in [3.8, 4) is 0 Å². The average Bonchev–Trinajstić information content (AvgIpc) is 2.81. The van der Waals surface area contributed by atoms with Crippen LogP contribution in [0.2, 0.25) is 5.15 Å². The fraction of sp³-hybridized carbons (Fsp3) is 0.556. The van der Waals surface area contributed by atoms with E-state index in [1.165, 1.54) is 11.8 Å². The first-order chi connectivity index (χ1) is 12.1. The molecule has 0 fully saturated rings. The van der Waals surface area contributed by atoms with Gasteiger partial charge in [-0.05, 0) is 46.4 Å². The number of aliphatic hydroxyl groups excluding tert-OH is 1. The van der Waals surface area contributed by atoms with E-state index in [-0.39, 0.29) is 12.6 Å². The highest BCUT2D eigenvalue weighted by molar-refractivity contribution is 7.98. The fourth-order valence-electron chi connectivity index (χ4n) is 2.59. The van der Waals surface area contributed by atoms with Gasteiger partial charge in [0.15, 0.2) is 5.58 Å². The van der Waals surface area contributed by atoms with Crippen molar-refractivity contribution >= 4 is 40.6 Å². The number of nitrogens with zero attached hydrogens (tertiary/aromatic N) is 1. The summed E-state index contributed by atoms with van der Waals surface area (Å²) >= 11 is 7.63. The Morgan fingerprint density at radius 3 is 2.77 bits per heavy atom. The molecule has 2 heterocycles. The Labute approximate surface area is 162 Å². The number of fused-ring (bicyclic) bond motifs is 1. The number of rotatable bonds is 6. The molecule has 0 bridgehead atoms. The van der Waals surface area contributed by atoms with Crippen molar-refractivity contribution in [3.05, 3.63) is 22.5 Å². The molecule has 144 valence electrons. The van der Waals surface area contributed by atoms with Crippen LogP contribution in [0, 0.1) is 6.92 Å². The van der Waals surface area contributed by atoms with E-state index in [9.17, 15) is 9.90 Å². The van der Waals surface area contributed by atoms with Crippen LogP contribution in [0.15, 0.2) is 15.4 Å². The number of aromatic nitrogens is 1. The Hall–Kier alpha value is -1.44. The summed E-state index contributed by atoms with van der Waals surface area (Å²) in [6, 6.07) is 1.45. The van der Waals surface area contributed by atoms with Crippen LogP contribution >= 0.6 is 23.4 Å². The molecule has 0 aliphatic rings. The predicted molar refractivity (Wildman–Crippen MR) is 104 cm³/mol. The summed E-state index contributed by atoms with van der Waals surface area (Å²) in [5.41, 5.74) is 1.70. The smallest absolute Gasteiger partial charge is 0.407 e. The molecule has 0 aromatic carbocycles. The van der Waals surface area contributed by atoms with Crippen molar-refractivity contribution in [1.82, 2.24) is 10.3 Å². The third kappa shape index (κ3) is 5.28. The first-order valence-corrected chi connectivity index (χ1v) is 9.97. The maximum absolute atomic E-state index is 12.1. The lowest BCUT2D eigenvalue weighted by Gasteiger charge is -2.23. The van der Waals surface area contributed by atoms with Crippen LogP contribution in [-0.4, -0.2) is 40.7 Å². The maximum atomic E-state index is 12.1. The number of furan rings is 1. The van der Waals surface area contributed by atoms with Gasteiger partial charge in [0, 0.05) is 24.6 Å². The van der Waals surface area contributed by atoms with Crippen molar-refractivity contribution in [3.63, 3.8) is 0 Å². The van der Waals surface area contributed by atoms with Crippen LogP contribution < -0.4 is 5.32 Å². The van der Waals surface area contributed by atoms with Crippen LogP contribution in [0.1, 0.15) is 38.5 Å². The summed E-state index contributed by atoms with van der Waals surface area (Å²) in [5, 5.41) is 12.5. The van der Waals surface area contributed by atoms with Gasteiger partial charge in [-0.15, -0.1) is 11.8 Å². The minimum Gasteiger partial charge on any atom is -0.458 e. The summed E-state index contributed by atoms with van der Waals surface area (Å²) in [6.45, 7) is 7.26. The molecular formula is C18H25ClN2O4S. The fourth-order valence-corrected chi connectivity index (χ4v) is 3.40. The molecule has 0 radical (unpaired) electrons. The van der Waals surface area contributed by atoms with Gasteiger partial charge in [0.1, 0.15) is 22.0 Å². The van der Waals surface area contributed by atoms with Crippen LogP contribution in [0.4, 0.5) is 4.79 Å². The molecule has 2 aromatic heterocycles. The molecule has 2 N–H and O–H groups in total. The van der Waals surface area contributed by atoms with E-state index in [4.69, 9.17) is 20.8 Å². The largest absolute Gasteiger partial charge is 0.458 e. The molecule has 0 aliphatic carbocycles. The van der Waals surface area contributed by atoms with Crippen molar-refractivity contribution < 1.29 is 19.1 Å². The number of aliphatic hydroxyl groups is 1. The van der Waals surface area contributed by atoms with E-state index in [2.05, 4.69) is 10.3 Å². The molecular weight excluding hydrogens is 376 g/mol. The lowest BCUT2D eigenvalue weighted by Crippen LogP contribution is -2.40. The Balaban J connectivity index is 2.25. The topological polar surface area (TPSA) is 84.6 Å². The molecule has 0 spiro atoms. The van der Waals surface area contributed by atoms with E-state index >= 15 is 0 Å². The number of alkyl carbamates (subject to hydrolysis) is 1. The second kappa shape index (κ2) is 8.50. The van der Waals surface area contributed by atoms with Crippen molar-refractivity contribution in [2.75, 3.05) is 12.9 Å². The Bertz CT molecular complexity index is 786. The van der Waals surface area contributed by atoms with Crippen molar-refractivity contribution in [2.45, 2.75) is 57.1 Å². The molecule has 26 heavy (non-hydrogen) atoms. The van der Waals surface area contributed by atoms with E-state index < -0.39 is 11.7 Å². The first-order valence-electron chi connectivity index (χ1n) is 8.37. The molecule has 0 saturated carbocycles. The number of carbonyl (C=O) groups excluding carboxylic acids is 1. The zero-order chi connectivity index (χ0) is 19.5. The van der Waals surface area contributed by atoms with Crippen molar-refractivity contribution in [1.29, 1.82) is 0 Å². The molecule has 1 atom stereocenters. The number of hydrogen-bond donors (Lipinski definition) is 2. The van der Waals surface area contributed by atoms with Gasteiger partial charge in [0.25, 0.3) is 0 Å². The standard InChI is InChI=1S/C18H25ClN2O4S/c1-10-12(24-16-13(26-5)9-14(19)21-15(10)16)8-11(6-7-22)20-17(23)25-18(2,3)4/h9,11,22H,6-8H2,1-5H3,(H,20,23)/t11-/m0/s1. The van der Waals surface area contributed by atoms with Crippen LogP contribution in [0.3, 0.4) is 0 Å². The number of amides is 1. The Kier molecular flexibility index (Phi) is 6.82. The third-order valence-corrected chi connectivity index (χ3v) is 4.69. The normalized spacial score (nSPS) is 13.0. The van der Waals surface area contributed by atoms with Gasteiger partial charge >= 0.3 is 6.09 Å². The van der Waals surface area contributed by atoms with E-state index in [1.54, 1.807) is 26.8 Å². The molecule has 2 rings (SSSR count). The average molecular weight is 401 g/mol. The second-order valence-electron chi connectivity index (χ2n) is 7.03. The summed E-state index contributed by atoms with van der Waals surface area (Å²) in [4.78, 5) is 17.3. The lowest BCUT2D eigenvalue weighted by molar-refractivity contribution is 0.0496. The Morgan fingerprint density at radius 2 is 2.19 bits per heavy atom. The molecule has 0 aliphatic heterocycles. The highest BCUT2D eigenvalue weighted by atomic mass is 35.5. The third-order valence-electron chi connectivity index (χ3n) is 3.76. The summed E-state index contributed by atoms with van der Waals surface area (Å²) in [6.07, 6.45) is 2.24. The van der Waals surface area contributed by atoms with Crippen molar-refractivity contribution in [2.24, 2.45) is 0 Å². The second-order valence-corrected chi connectivity index (χ2v) is 8.27. The molecule has 1 amide bonds. The predicted octanol–water partition coefficient (Wildman–Crippen LogP) is 4.33. The van der Waals surface area contributed by atoms with Gasteiger partial charge in [-0.25, -0.2) is 9.78 Å². The van der Waals surface area contributed by atoms with Crippen LogP contribution in [0.5, 0.6) is 0 Å². The Morgan fingerprint density at radius 1 is 1.50 bits per heavy atom. The summed E-state index contributed by atoms with van der Waals surface area (Å²) in [5.74, 6) is 0.708. The number of nitrogens with one attached hydrogen (secondary N) is 1. The highest BCUT2D eigenvalue weighted by Gasteiger charge is 2.23. The minimum atomic E-state index is -0.586. The van der Waals surface area contributed by atoms with E-state index in [1.807, 2.05) is 13.2 Å². The van der Waals surface area contributed by atoms with E-state index in [0.717, 1.165) is 16.0 Å². The van der Waals surface area contributed by atoms with Gasteiger partial charge < -0.3 is 19.6 Å². The van der Waals surface area contributed by atoms with Gasteiger partial charge in [-0.2, -0.15) is 0 Å². The number of ether oxygens (including phenoxy) is 1. The van der Waals surface area contributed by atoms with Crippen LogP contribution in [-0.2, 0) is 11.2 Å². The molecule has 0 saturated heterocycles. The number of thioether (sulfide) groups is 1. The number of pyridine rings is 1. The minimum absolute atomic E-state index is 0.0557. The van der Waals surface area contributed by atoms with Gasteiger partial charge in [0.05, 0.1) is 4.90 Å². The molecule has 0 unspecified atom stereocenters.